The minimum absolute atomic E-state index is 0.0316. The summed E-state index contributed by atoms with van der Waals surface area (Å²) in [6, 6.07) is 27.8. The normalized spacial score (nSPS) is 15.3. The van der Waals surface area contributed by atoms with Crippen molar-refractivity contribution in [3.8, 4) is 17.2 Å². The lowest BCUT2D eigenvalue weighted by Gasteiger charge is -2.26. The number of carbonyl (C=O) groups excluding carboxylic acids is 1. The second-order valence-electron chi connectivity index (χ2n) is 8.66. The Morgan fingerprint density at radius 3 is 2.47 bits per heavy atom. The van der Waals surface area contributed by atoms with Gasteiger partial charge in [0.1, 0.15) is 6.61 Å². The number of nitrogens with one attached hydrogen (secondary N) is 1. The molecule has 8 heteroatoms. The summed E-state index contributed by atoms with van der Waals surface area (Å²) in [6.45, 7) is 2.36. The average molecular weight is 501 g/mol. The van der Waals surface area contributed by atoms with E-state index < -0.39 is 6.10 Å². The molecule has 1 aliphatic rings. The van der Waals surface area contributed by atoms with E-state index in [9.17, 15) is 4.79 Å². The zero-order valence-corrected chi connectivity index (χ0v) is 20.9. The summed E-state index contributed by atoms with van der Waals surface area (Å²) in [5.41, 5.74) is 2.17. The highest BCUT2D eigenvalue weighted by atomic mass is 32.2. The average Bonchev–Trinajstić information content (AvgIpc) is 3.35. The van der Waals surface area contributed by atoms with Gasteiger partial charge in [-0.3, -0.25) is 9.36 Å². The van der Waals surface area contributed by atoms with Gasteiger partial charge in [-0.25, -0.2) is 0 Å². The highest BCUT2D eigenvalue weighted by molar-refractivity contribution is 7.99. The van der Waals surface area contributed by atoms with E-state index in [1.807, 2.05) is 84.3 Å². The van der Waals surface area contributed by atoms with Crippen molar-refractivity contribution in [3.05, 3.63) is 96.3 Å². The zero-order chi connectivity index (χ0) is 24.7. The van der Waals surface area contributed by atoms with Gasteiger partial charge in [0, 0.05) is 11.7 Å². The molecule has 2 unspecified atom stereocenters. The second-order valence-corrected chi connectivity index (χ2v) is 9.60. The first-order chi connectivity index (χ1) is 17.7. The summed E-state index contributed by atoms with van der Waals surface area (Å²) < 4.78 is 14.1. The minimum Gasteiger partial charge on any atom is -0.485 e. The first-order valence-corrected chi connectivity index (χ1v) is 13.0. The smallest absolute Gasteiger partial charge is 0.230 e. The van der Waals surface area contributed by atoms with E-state index in [0.29, 0.717) is 29.1 Å². The van der Waals surface area contributed by atoms with Crippen LogP contribution in [0.15, 0.2) is 90.1 Å². The molecule has 0 saturated carbocycles. The molecule has 0 spiro atoms. The molecule has 1 aliphatic heterocycles. The van der Waals surface area contributed by atoms with E-state index in [4.69, 9.17) is 9.47 Å². The van der Waals surface area contributed by atoms with Crippen LogP contribution < -0.4 is 14.8 Å². The van der Waals surface area contributed by atoms with Crippen molar-refractivity contribution in [3.63, 3.8) is 0 Å². The van der Waals surface area contributed by atoms with E-state index >= 15 is 0 Å². The Kier molecular flexibility index (Phi) is 7.52. The summed E-state index contributed by atoms with van der Waals surface area (Å²) in [4.78, 5) is 12.7. The summed E-state index contributed by atoms with van der Waals surface area (Å²) in [5, 5.41) is 12.6. The number of benzene rings is 3. The third kappa shape index (κ3) is 5.71. The molecule has 2 heterocycles. The van der Waals surface area contributed by atoms with E-state index in [1.54, 1.807) is 0 Å². The highest BCUT2D eigenvalue weighted by Crippen LogP contribution is 2.36. The number of nitrogens with zero attached hydrogens (tertiary/aromatic N) is 3. The summed E-state index contributed by atoms with van der Waals surface area (Å²) >= 11 is 1.36. The van der Waals surface area contributed by atoms with Crippen LogP contribution in [0.25, 0.3) is 5.69 Å². The fourth-order valence-corrected chi connectivity index (χ4v) is 4.87. The molecule has 0 aliphatic carbocycles. The lowest BCUT2D eigenvalue weighted by atomic mass is 10.1. The van der Waals surface area contributed by atoms with Gasteiger partial charge in [0.2, 0.25) is 5.91 Å². The molecule has 2 atom stereocenters. The molecule has 0 saturated heterocycles. The molecule has 1 N–H and O–H groups in total. The molecular weight excluding hydrogens is 472 g/mol. The van der Waals surface area contributed by atoms with Gasteiger partial charge in [-0.15, -0.1) is 10.2 Å². The molecule has 184 valence electrons. The molecule has 7 nitrogen and oxygen atoms in total. The van der Waals surface area contributed by atoms with Crippen LogP contribution in [-0.2, 0) is 11.2 Å². The molecule has 5 rings (SSSR count). The fraction of sp³-hybridized carbons (Fsp3) is 0.250. The number of fused-ring (bicyclic) bond motifs is 1. The Morgan fingerprint density at radius 1 is 1.00 bits per heavy atom. The van der Waals surface area contributed by atoms with Crippen LogP contribution in [0.3, 0.4) is 0 Å². The van der Waals surface area contributed by atoms with Crippen LogP contribution in [0.5, 0.6) is 11.5 Å². The fourth-order valence-electron chi connectivity index (χ4n) is 4.10. The molecule has 0 radical (unpaired) electrons. The van der Waals surface area contributed by atoms with Gasteiger partial charge >= 0.3 is 0 Å². The number of hydrogen-bond acceptors (Lipinski definition) is 6. The van der Waals surface area contributed by atoms with Crippen molar-refractivity contribution in [1.82, 2.24) is 20.1 Å². The largest absolute Gasteiger partial charge is 0.485 e. The quantitative estimate of drug-likeness (QED) is 0.326. The predicted molar refractivity (Wildman–Crippen MR) is 140 cm³/mol. The number of aryl methyl sites for hydroxylation is 1. The number of ether oxygens (including phenoxy) is 2. The van der Waals surface area contributed by atoms with Crippen LogP contribution in [0.1, 0.15) is 30.8 Å². The monoisotopic (exact) mass is 500 g/mol. The summed E-state index contributed by atoms with van der Waals surface area (Å²) in [5.74, 6) is 2.23. The van der Waals surface area contributed by atoms with Crippen LogP contribution in [0.2, 0.25) is 0 Å². The van der Waals surface area contributed by atoms with E-state index in [-0.39, 0.29) is 17.7 Å². The van der Waals surface area contributed by atoms with Gasteiger partial charge in [-0.2, -0.15) is 0 Å². The Bertz CT molecular complexity index is 1300. The maximum Gasteiger partial charge on any atom is 0.230 e. The Morgan fingerprint density at radius 2 is 1.69 bits per heavy atom. The topological polar surface area (TPSA) is 78.3 Å². The predicted octanol–water partition coefficient (Wildman–Crippen LogP) is 5.01. The van der Waals surface area contributed by atoms with Gasteiger partial charge in [0.05, 0.1) is 5.75 Å². The van der Waals surface area contributed by atoms with Crippen molar-refractivity contribution in [1.29, 1.82) is 0 Å². The molecule has 36 heavy (non-hydrogen) atoms. The van der Waals surface area contributed by atoms with Gasteiger partial charge in [0.25, 0.3) is 0 Å². The molecule has 1 amide bonds. The van der Waals surface area contributed by atoms with Crippen LogP contribution in [-0.4, -0.2) is 39.1 Å². The molecular formula is C28H28N4O3S. The number of aromatic nitrogens is 3. The maximum absolute atomic E-state index is 12.7. The lowest BCUT2D eigenvalue weighted by molar-refractivity contribution is -0.119. The van der Waals surface area contributed by atoms with Crippen molar-refractivity contribution < 1.29 is 14.3 Å². The molecule has 1 aromatic heterocycles. The van der Waals surface area contributed by atoms with Crippen LogP contribution >= 0.6 is 11.8 Å². The van der Waals surface area contributed by atoms with Crippen molar-refractivity contribution in [2.45, 2.75) is 37.1 Å². The SMILES string of the molecule is CC(CCc1ccccc1)NC(=O)CSc1nnc(C2COc3ccccc3O2)n1-c1ccccc1. The Hall–Kier alpha value is -3.78. The van der Waals surface area contributed by atoms with E-state index in [0.717, 1.165) is 18.5 Å². The van der Waals surface area contributed by atoms with Crippen LogP contribution in [0.4, 0.5) is 0 Å². The molecule has 3 aromatic carbocycles. The third-order valence-electron chi connectivity index (χ3n) is 5.92. The van der Waals surface area contributed by atoms with Gasteiger partial charge < -0.3 is 14.8 Å². The van der Waals surface area contributed by atoms with Crippen LogP contribution in [0, 0.1) is 0 Å². The lowest BCUT2D eigenvalue weighted by Crippen LogP contribution is -2.34. The van der Waals surface area contributed by atoms with Gasteiger partial charge in [-0.1, -0.05) is 72.4 Å². The Labute approximate surface area is 214 Å². The highest BCUT2D eigenvalue weighted by Gasteiger charge is 2.29. The standard InChI is InChI=1S/C28H28N4O3S/c1-20(16-17-21-10-4-2-5-11-21)29-26(33)19-36-28-31-30-27(32(28)22-12-6-3-7-13-22)25-18-34-23-14-8-9-15-24(23)35-25/h2-15,20,25H,16-19H2,1H3,(H,29,33). The minimum atomic E-state index is -0.422. The first kappa shape index (κ1) is 23.9. The summed E-state index contributed by atoms with van der Waals surface area (Å²) in [6.07, 6.45) is 1.38. The number of rotatable bonds is 9. The number of carbonyl (C=O) groups is 1. The van der Waals surface area contributed by atoms with Crippen molar-refractivity contribution in [2.24, 2.45) is 0 Å². The molecule has 4 aromatic rings. The maximum atomic E-state index is 12.7. The third-order valence-corrected chi connectivity index (χ3v) is 6.85. The van der Waals surface area contributed by atoms with Crippen molar-refractivity contribution >= 4 is 17.7 Å². The summed E-state index contributed by atoms with van der Waals surface area (Å²) in [7, 11) is 0. The molecule has 0 fully saturated rings. The van der Waals surface area contributed by atoms with E-state index in [1.165, 1.54) is 17.3 Å². The number of amides is 1. The second kappa shape index (κ2) is 11.3. The zero-order valence-electron chi connectivity index (χ0n) is 20.0. The Balaban J connectivity index is 1.26. The van der Waals surface area contributed by atoms with E-state index in [2.05, 4.69) is 27.6 Å². The number of thioether (sulfide) groups is 1. The van der Waals surface area contributed by atoms with Gasteiger partial charge in [0.15, 0.2) is 28.6 Å². The van der Waals surface area contributed by atoms with Gasteiger partial charge in [-0.05, 0) is 49.6 Å². The van der Waals surface area contributed by atoms with Crippen molar-refractivity contribution in [2.75, 3.05) is 12.4 Å². The number of hydrogen-bond donors (Lipinski definition) is 1. The number of para-hydroxylation sites is 3. The first-order valence-electron chi connectivity index (χ1n) is 12.0. The molecule has 0 bridgehead atoms.